The number of ether oxygens (including phenoxy) is 1. The van der Waals surface area contributed by atoms with Gasteiger partial charge in [-0.05, 0) is 37.1 Å². The van der Waals surface area contributed by atoms with Gasteiger partial charge in [0.25, 0.3) is 5.91 Å². The maximum atomic E-state index is 12.5. The zero-order valence-corrected chi connectivity index (χ0v) is 14.2. The third-order valence-corrected chi connectivity index (χ3v) is 4.57. The molecular weight excluding hydrogens is 322 g/mol. The van der Waals surface area contributed by atoms with E-state index in [0.717, 1.165) is 30.6 Å². The Hall–Kier alpha value is -2.38. The van der Waals surface area contributed by atoms with E-state index in [1.54, 1.807) is 0 Å². The first-order chi connectivity index (χ1) is 12.1. The highest BCUT2D eigenvalue weighted by atomic mass is 16.5. The number of aliphatic hydroxyl groups excluding tert-OH is 1. The van der Waals surface area contributed by atoms with Gasteiger partial charge in [0, 0.05) is 18.3 Å². The Kier molecular flexibility index (Phi) is 5.35. The van der Waals surface area contributed by atoms with E-state index in [1.165, 1.54) is 12.0 Å². The zero-order chi connectivity index (χ0) is 17.8. The number of β-amino-alcohol motifs (C(OH)–C–C–N with tert-alkyl or cyclic N) is 1. The SMILES string of the molecule is COC(=O)C1=C(Nc2cccc(C3CCCN3)c2)C(=O)N(CCO)C1. The van der Waals surface area contributed by atoms with Gasteiger partial charge in [0.05, 0.1) is 25.8 Å². The minimum absolute atomic E-state index is 0.137. The van der Waals surface area contributed by atoms with Crippen molar-refractivity contribution in [2.45, 2.75) is 18.9 Å². The van der Waals surface area contributed by atoms with Crippen LogP contribution in [0.4, 0.5) is 5.69 Å². The number of aliphatic hydroxyl groups is 1. The molecule has 0 aromatic heterocycles. The number of carbonyl (C=O) groups excluding carboxylic acids is 2. The average molecular weight is 345 g/mol. The molecule has 1 fully saturated rings. The number of methoxy groups -OCH3 is 1. The molecule has 7 heteroatoms. The summed E-state index contributed by atoms with van der Waals surface area (Å²) in [5.41, 5.74) is 2.41. The smallest absolute Gasteiger partial charge is 0.337 e. The van der Waals surface area contributed by atoms with Crippen molar-refractivity contribution < 1.29 is 19.4 Å². The number of amides is 1. The van der Waals surface area contributed by atoms with Crippen LogP contribution in [-0.4, -0.2) is 55.2 Å². The van der Waals surface area contributed by atoms with Crippen LogP contribution in [0.25, 0.3) is 0 Å². The fourth-order valence-corrected chi connectivity index (χ4v) is 3.30. The van der Waals surface area contributed by atoms with Gasteiger partial charge in [-0.25, -0.2) is 4.79 Å². The highest BCUT2D eigenvalue weighted by Gasteiger charge is 2.34. The summed E-state index contributed by atoms with van der Waals surface area (Å²) in [6, 6.07) is 8.16. The van der Waals surface area contributed by atoms with Gasteiger partial charge in [-0.1, -0.05) is 12.1 Å². The fourth-order valence-electron chi connectivity index (χ4n) is 3.30. The number of rotatable bonds is 6. The third-order valence-electron chi connectivity index (χ3n) is 4.57. The Morgan fingerprint density at radius 3 is 3.00 bits per heavy atom. The van der Waals surface area contributed by atoms with Crippen molar-refractivity contribution in [1.29, 1.82) is 0 Å². The van der Waals surface area contributed by atoms with Crippen LogP contribution in [0.2, 0.25) is 0 Å². The van der Waals surface area contributed by atoms with Gasteiger partial charge < -0.3 is 25.4 Å². The molecule has 3 N–H and O–H groups in total. The molecule has 1 saturated heterocycles. The Morgan fingerprint density at radius 1 is 1.48 bits per heavy atom. The second-order valence-corrected chi connectivity index (χ2v) is 6.19. The van der Waals surface area contributed by atoms with E-state index in [0.29, 0.717) is 6.04 Å². The van der Waals surface area contributed by atoms with Crippen LogP contribution in [0.5, 0.6) is 0 Å². The van der Waals surface area contributed by atoms with E-state index >= 15 is 0 Å². The fraction of sp³-hybridized carbons (Fsp3) is 0.444. The van der Waals surface area contributed by atoms with Crippen LogP contribution in [0.3, 0.4) is 0 Å². The number of hydrogen-bond donors (Lipinski definition) is 3. The molecule has 1 atom stereocenters. The van der Waals surface area contributed by atoms with Crippen molar-refractivity contribution in [3.8, 4) is 0 Å². The molecule has 3 rings (SSSR count). The lowest BCUT2D eigenvalue weighted by Crippen LogP contribution is -2.31. The predicted molar refractivity (Wildman–Crippen MR) is 92.8 cm³/mol. The molecular formula is C18H23N3O4. The maximum Gasteiger partial charge on any atom is 0.337 e. The minimum atomic E-state index is -0.537. The van der Waals surface area contributed by atoms with Gasteiger partial charge in [-0.15, -0.1) is 0 Å². The van der Waals surface area contributed by atoms with E-state index in [-0.39, 0.29) is 36.9 Å². The van der Waals surface area contributed by atoms with Crippen LogP contribution in [0.1, 0.15) is 24.4 Å². The van der Waals surface area contributed by atoms with Crippen molar-refractivity contribution >= 4 is 17.6 Å². The summed E-state index contributed by atoms with van der Waals surface area (Å²) in [6.07, 6.45) is 2.23. The Labute approximate surface area is 146 Å². The standard InChI is InChI=1S/C18H23N3O4/c1-25-18(24)14-11-21(8-9-22)17(23)16(14)20-13-5-2-4-12(10-13)15-6-3-7-19-15/h2,4-5,10,15,19-20,22H,3,6-9,11H2,1H3. The molecule has 1 unspecified atom stereocenters. The molecule has 0 aliphatic carbocycles. The molecule has 134 valence electrons. The van der Waals surface area contributed by atoms with Crippen molar-refractivity contribution in [3.63, 3.8) is 0 Å². The summed E-state index contributed by atoms with van der Waals surface area (Å²) in [5.74, 6) is -0.844. The molecule has 25 heavy (non-hydrogen) atoms. The minimum Gasteiger partial charge on any atom is -0.466 e. The van der Waals surface area contributed by atoms with Crippen molar-refractivity contribution in [3.05, 3.63) is 41.1 Å². The molecule has 0 bridgehead atoms. The average Bonchev–Trinajstić information content (AvgIpc) is 3.26. The summed E-state index contributed by atoms with van der Waals surface area (Å²) in [4.78, 5) is 26.0. The largest absolute Gasteiger partial charge is 0.466 e. The lowest BCUT2D eigenvalue weighted by molar-refractivity contribution is -0.136. The Balaban J connectivity index is 1.84. The monoisotopic (exact) mass is 345 g/mol. The van der Waals surface area contributed by atoms with E-state index in [1.807, 2.05) is 18.2 Å². The van der Waals surface area contributed by atoms with Gasteiger partial charge in [-0.2, -0.15) is 0 Å². The Bertz CT molecular complexity index is 695. The van der Waals surface area contributed by atoms with E-state index < -0.39 is 5.97 Å². The number of anilines is 1. The molecule has 2 aliphatic rings. The summed E-state index contributed by atoms with van der Waals surface area (Å²) < 4.78 is 4.79. The summed E-state index contributed by atoms with van der Waals surface area (Å²) in [6.45, 7) is 1.17. The third kappa shape index (κ3) is 3.67. The van der Waals surface area contributed by atoms with Gasteiger partial charge in [0.2, 0.25) is 0 Å². The molecule has 7 nitrogen and oxygen atoms in total. The van der Waals surface area contributed by atoms with Gasteiger partial charge in [0.15, 0.2) is 0 Å². The number of benzene rings is 1. The maximum absolute atomic E-state index is 12.5. The van der Waals surface area contributed by atoms with Crippen LogP contribution in [0.15, 0.2) is 35.5 Å². The second kappa shape index (κ2) is 7.67. The molecule has 1 amide bonds. The summed E-state index contributed by atoms with van der Waals surface area (Å²) >= 11 is 0. The van der Waals surface area contributed by atoms with E-state index in [2.05, 4.69) is 16.7 Å². The van der Waals surface area contributed by atoms with Crippen LogP contribution in [-0.2, 0) is 14.3 Å². The normalized spacial score (nSPS) is 20.3. The highest BCUT2D eigenvalue weighted by molar-refractivity contribution is 6.08. The highest BCUT2D eigenvalue weighted by Crippen LogP contribution is 2.27. The number of hydrogen-bond acceptors (Lipinski definition) is 6. The Morgan fingerprint density at radius 2 is 2.32 bits per heavy atom. The van der Waals surface area contributed by atoms with E-state index in [9.17, 15) is 9.59 Å². The van der Waals surface area contributed by atoms with Gasteiger partial charge in [0.1, 0.15) is 5.70 Å². The number of nitrogens with zero attached hydrogens (tertiary/aromatic N) is 1. The summed E-state index contributed by atoms with van der Waals surface area (Å²) in [5, 5.41) is 15.6. The number of carbonyl (C=O) groups is 2. The molecule has 1 aromatic rings. The quantitative estimate of drug-likeness (QED) is 0.660. The molecule has 2 heterocycles. The summed E-state index contributed by atoms with van der Waals surface area (Å²) in [7, 11) is 1.29. The van der Waals surface area contributed by atoms with Gasteiger partial charge in [-0.3, -0.25) is 4.79 Å². The first kappa shape index (κ1) is 17.4. The van der Waals surface area contributed by atoms with Crippen molar-refractivity contribution in [2.75, 3.05) is 38.7 Å². The zero-order valence-electron chi connectivity index (χ0n) is 14.2. The first-order valence-corrected chi connectivity index (χ1v) is 8.46. The van der Waals surface area contributed by atoms with Crippen molar-refractivity contribution in [1.82, 2.24) is 10.2 Å². The molecule has 0 spiro atoms. The first-order valence-electron chi connectivity index (χ1n) is 8.46. The molecule has 2 aliphatic heterocycles. The number of nitrogens with one attached hydrogen (secondary N) is 2. The van der Waals surface area contributed by atoms with E-state index in [4.69, 9.17) is 9.84 Å². The van der Waals surface area contributed by atoms with Crippen molar-refractivity contribution in [2.24, 2.45) is 0 Å². The predicted octanol–water partition coefficient (Wildman–Crippen LogP) is 0.785. The molecule has 0 saturated carbocycles. The van der Waals surface area contributed by atoms with Gasteiger partial charge >= 0.3 is 5.97 Å². The lowest BCUT2D eigenvalue weighted by atomic mass is 10.0. The van der Waals surface area contributed by atoms with Crippen LogP contribution >= 0.6 is 0 Å². The lowest BCUT2D eigenvalue weighted by Gasteiger charge is -2.16. The topological polar surface area (TPSA) is 90.9 Å². The number of esters is 1. The van der Waals surface area contributed by atoms with Crippen LogP contribution < -0.4 is 10.6 Å². The molecule has 0 radical (unpaired) electrons. The van der Waals surface area contributed by atoms with Crippen LogP contribution in [0, 0.1) is 0 Å². The molecule has 1 aromatic carbocycles. The second-order valence-electron chi connectivity index (χ2n) is 6.19.